The van der Waals surface area contributed by atoms with Crippen LogP contribution < -0.4 is 10.3 Å². The average molecular weight is 316 g/mol. The summed E-state index contributed by atoms with van der Waals surface area (Å²) in [7, 11) is -3.35. The number of nitrogens with one attached hydrogen (secondary N) is 1. The Balaban J connectivity index is 2.28. The van der Waals surface area contributed by atoms with E-state index in [1.165, 1.54) is 0 Å². The second-order valence-corrected chi connectivity index (χ2v) is 6.41. The van der Waals surface area contributed by atoms with Crippen LogP contribution in [-0.2, 0) is 15.6 Å². The third kappa shape index (κ3) is 4.09. The van der Waals surface area contributed by atoms with E-state index in [9.17, 15) is 22.0 Å². The van der Waals surface area contributed by atoms with E-state index in [4.69, 9.17) is 4.74 Å². The lowest BCUT2D eigenvalue weighted by Gasteiger charge is -2.06. The first-order chi connectivity index (χ1) is 9.74. The molecule has 1 N–H and O–H groups in total. The molecule has 0 fully saturated rings. The highest BCUT2D eigenvalue weighted by Gasteiger charge is 2.12. The standard InChI is InChI=1S/C12H10F2N2O4S/c1-21(18,19)6-11-15-5-10(12(17)16-11)20-9-3-2-7(13)4-8(9)14/h2-5H,6H2,1H3,(H,15,16,17). The van der Waals surface area contributed by atoms with Gasteiger partial charge in [-0.1, -0.05) is 0 Å². The lowest BCUT2D eigenvalue weighted by atomic mass is 10.3. The van der Waals surface area contributed by atoms with Crippen LogP contribution in [0.15, 0.2) is 29.2 Å². The second kappa shape index (κ2) is 5.60. The predicted octanol–water partition coefficient (Wildman–Crippen LogP) is 1.38. The molecule has 0 aliphatic carbocycles. The van der Waals surface area contributed by atoms with E-state index in [1.807, 2.05) is 0 Å². The molecule has 0 aliphatic heterocycles. The molecule has 0 aliphatic rings. The van der Waals surface area contributed by atoms with E-state index in [0.29, 0.717) is 6.07 Å². The SMILES string of the molecule is CS(=O)(=O)Cc1ncc(Oc2ccc(F)cc2F)c(=O)[nH]1. The number of nitrogens with zero attached hydrogens (tertiary/aromatic N) is 1. The lowest BCUT2D eigenvalue weighted by molar-refractivity contribution is 0.429. The molecule has 9 heteroatoms. The summed E-state index contributed by atoms with van der Waals surface area (Å²) in [6.45, 7) is 0. The van der Waals surface area contributed by atoms with Crippen molar-refractivity contribution in [2.45, 2.75) is 5.75 Å². The van der Waals surface area contributed by atoms with E-state index >= 15 is 0 Å². The fourth-order valence-electron chi connectivity index (χ4n) is 1.49. The van der Waals surface area contributed by atoms with Gasteiger partial charge in [-0.15, -0.1) is 0 Å². The van der Waals surface area contributed by atoms with Crippen molar-refractivity contribution in [1.82, 2.24) is 9.97 Å². The van der Waals surface area contributed by atoms with Crippen LogP contribution in [-0.4, -0.2) is 24.6 Å². The number of aromatic nitrogens is 2. The molecule has 0 atom stereocenters. The first-order valence-corrected chi connectivity index (χ1v) is 7.69. The van der Waals surface area contributed by atoms with Crippen LogP contribution in [0, 0.1) is 11.6 Å². The summed E-state index contributed by atoms with van der Waals surface area (Å²) in [5, 5.41) is 0. The third-order valence-corrected chi connectivity index (χ3v) is 3.13. The van der Waals surface area contributed by atoms with Crippen molar-refractivity contribution < 1.29 is 21.9 Å². The number of benzene rings is 1. The highest BCUT2D eigenvalue weighted by atomic mass is 32.2. The molecule has 0 spiro atoms. The molecule has 1 aromatic heterocycles. The normalized spacial score (nSPS) is 11.4. The molecular formula is C12H10F2N2O4S. The minimum atomic E-state index is -3.35. The maximum atomic E-state index is 13.4. The number of hydrogen-bond acceptors (Lipinski definition) is 5. The number of halogens is 2. The van der Waals surface area contributed by atoms with Gasteiger partial charge in [-0.05, 0) is 12.1 Å². The fourth-order valence-corrected chi connectivity index (χ4v) is 2.13. The first-order valence-electron chi connectivity index (χ1n) is 5.63. The molecule has 0 saturated heterocycles. The summed E-state index contributed by atoms with van der Waals surface area (Å²) in [4.78, 5) is 17.6. The molecular weight excluding hydrogens is 306 g/mol. The zero-order valence-corrected chi connectivity index (χ0v) is 11.6. The monoisotopic (exact) mass is 316 g/mol. The van der Waals surface area contributed by atoms with Crippen LogP contribution in [0.3, 0.4) is 0 Å². The minimum absolute atomic E-state index is 0.0607. The zero-order valence-electron chi connectivity index (χ0n) is 10.8. The van der Waals surface area contributed by atoms with Crippen LogP contribution in [0.25, 0.3) is 0 Å². The maximum absolute atomic E-state index is 13.4. The van der Waals surface area contributed by atoms with Gasteiger partial charge in [-0.25, -0.2) is 22.2 Å². The van der Waals surface area contributed by atoms with Crippen molar-refractivity contribution in [2.75, 3.05) is 6.26 Å². The van der Waals surface area contributed by atoms with Crippen molar-refractivity contribution in [2.24, 2.45) is 0 Å². The average Bonchev–Trinajstić information content (AvgIpc) is 2.33. The number of rotatable bonds is 4. The zero-order chi connectivity index (χ0) is 15.6. The number of sulfone groups is 1. The Morgan fingerprint density at radius 2 is 2.00 bits per heavy atom. The maximum Gasteiger partial charge on any atom is 0.293 e. The van der Waals surface area contributed by atoms with E-state index in [1.54, 1.807) is 0 Å². The van der Waals surface area contributed by atoms with E-state index in [2.05, 4.69) is 9.97 Å². The van der Waals surface area contributed by atoms with Crippen LogP contribution in [0.4, 0.5) is 8.78 Å². The summed E-state index contributed by atoms with van der Waals surface area (Å²) < 4.78 is 53.3. The van der Waals surface area contributed by atoms with Crippen molar-refractivity contribution in [3.63, 3.8) is 0 Å². The summed E-state index contributed by atoms with van der Waals surface area (Å²) >= 11 is 0. The Labute approximate surface area is 118 Å². The first kappa shape index (κ1) is 15.1. The Bertz CT molecular complexity index is 833. The molecule has 0 saturated carbocycles. The molecule has 112 valence electrons. The Morgan fingerprint density at radius 1 is 1.29 bits per heavy atom. The molecule has 0 unspecified atom stereocenters. The highest BCUT2D eigenvalue weighted by Crippen LogP contribution is 2.22. The van der Waals surface area contributed by atoms with Crippen LogP contribution in [0.2, 0.25) is 0 Å². The van der Waals surface area contributed by atoms with E-state index in [0.717, 1.165) is 24.6 Å². The van der Waals surface area contributed by atoms with Gasteiger partial charge < -0.3 is 9.72 Å². The van der Waals surface area contributed by atoms with Gasteiger partial charge in [0.25, 0.3) is 5.56 Å². The van der Waals surface area contributed by atoms with E-state index < -0.39 is 32.8 Å². The highest BCUT2D eigenvalue weighted by molar-refractivity contribution is 7.89. The summed E-state index contributed by atoms with van der Waals surface area (Å²) in [6, 6.07) is 2.60. The van der Waals surface area contributed by atoms with Gasteiger partial charge in [0, 0.05) is 12.3 Å². The van der Waals surface area contributed by atoms with Crippen molar-refractivity contribution in [1.29, 1.82) is 0 Å². The summed E-state index contributed by atoms with van der Waals surface area (Å²) in [5.41, 5.74) is -0.771. The number of H-pyrrole nitrogens is 1. The molecule has 2 rings (SSSR count). The van der Waals surface area contributed by atoms with Crippen LogP contribution in [0.1, 0.15) is 5.82 Å². The van der Waals surface area contributed by atoms with Crippen LogP contribution in [0.5, 0.6) is 11.5 Å². The molecule has 0 amide bonds. The Kier molecular flexibility index (Phi) is 4.03. The molecule has 21 heavy (non-hydrogen) atoms. The fraction of sp³-hybridized carbons (Fsp3) is 0.167. The van der Waals surface area contributed by atoms with Crippen molar-refractivity contribution >= 4 is 9.84 Å². The van der Waals surface area contributed by atoms with Crippen LogP contribution >= 0.6 is 0 Å². The van der Waals surface area contributed by atoms with Gasteiger partial charge in [-0.2, -0.15) is 0 Å². The minimum Gasteiger partial charge on any atom is -0.447 e. The van der Waals surface area contributed by atoms with Crippen molar-refractivity contribution in [3.8, 4) is 11.5 Å². The number of ether oxygens (including phenoxy) is 1. The largest absolute Gasteiger partial charge is 0.447 e. The van der Waals surface area contributed by atoms with Gasteiger partial charge in [0.2, 0.25) is 5.75 Å². The van der Waals surface area contributed by atoms with Crippen molar-refractivity contribution in [3.05, 3.63) is 52.2 Å². The Morgan fingerprint density at radius 3 is 2.57 bits per heavy atom. The third-order valence-electron chi connectivity index (χ3n) is 2.33. The van der Waals surface area contributed by atoms with E-state index in [-0.39, 0.29) is 17.3 Å². The quantitative estimate of drug-likeness (QED) is 0.920. The van der Waals surface area contributed by atoms with Gasteiger partial charge in [-0.3, -0.25) is 4.79 Å². The van der Waals surface area contributed by atoms with Gasteiger partial charge in [0.05, 0.1) is 6.20 Å². The molecule has 1 aromatic carbocycles. The topological polar surface area (TPSA) is 89.1 Å². The molecule has 0 radical (unpaired) electrons. The lowest BCUT2D eigenvalue weighted by Crippen LogP contribution is -2.15. The smallest absolute Gasteiger partial charge is 0.293 e. The molecule has 0 bridgehead atoms. The summed E-state index contributed by atoms with van der Waals surface area (Å²) in [6.07, 6.45) is 1.97. The molecule has 2 aromatic rings. The predicted molar refractivity (Wildman–Crippen MR) is 69.8 cm³/mol. The number of aromatic amines is 1. The molecule has 6 nitrogen and oxygen atoms in total. The van der Waals surface area contributed by atoms with Gasteiger partial charge >= 0.3 is 0 Å². The summed E-state index contributed by atoms with van der Waals surface area (Å²) in [5.74, 6) is -2.94. The molecule has 1 heterocycles. The van der Waals surface area contributed by atoms with Gasteiger partial charge in [0.15, 0.2) is 21.4 Å². The van der Waals surface area contributed by atoms with Gasteiger partial charge in [0.1, 0.15) is 17.4 Å². The Hall–Kier alpha value is -2.29. The number of hydrogen-bond donors (Lipinski definition) is 1. The second-order valence-electron chi connectivity index (χ2n) is 4.27.